The van der Waals surface area contributed by atoms with E-state index in [4.69, 9.17) is 23.2 Å². The van der Waals surface area contributed by atoms with E-state index in [-0.39, 0.29) is 24.8 Å². The second-order valence-corrected chi connectivity index (χ2v) is 9.28. The maximum absolute atomic E-state index is 12.5. The maximum Gasteiger partial charge on any atom is 0.309 e. The van der Waals surface area contributed by atoms with Crippen LogP contribution >= 0.6 is 23.2 Å². The predicted molar refractivity (Wildman–Crippen MR) is 138 cm³/mol. The van der Waals surface area contributed by atoms with Gasteiger partial charge >= 0.3 is 5.97 Å². The van der Waals surface area contributed by atoms with Crippen molar-refractivity contribution in [1.29, 1.82) is 0 Å². The van der Waals surface area contributed by atoms with Crippen molar-refractivity contribution in [3.63, 3.8) is 0 Å². The van der Waals surface area contributed by atoms with Gasteiger partial charge in [0.1, 0.15) is 0 Å². The van der Waals surface area contributed by atoms with Crippen molar-refractivity contribution >= 4 is 52.0 Å². The van der Waals surface area contributed by atoms with Crippen LogP contribution < -0.4 is 9.62 Å². The highest BCUT2D eigenvalue weighted by atomic mass is 35.5. The third kappa shape index (κ3) is 7.53. The number of carbonyl (C=O) groups is 2. The van der Waals surface area contributed by atoms with E-state index in [1.165, 1.54) is 11.4 Å². The molecule has 3 rings (SSSR count). The SMILES string of the molecule is COC(=O)Cc1ccc(CNC(=O)c2ccc(N(CCc3cccc(Cl)c3Cl)S(=O)O)cc2)cc1. The highest BCUT2D eigenvalue weighted by Crippen LogP contribution is 2.26. The lowest BCUT2D eigenvalue weighted by Crippen LogP contribution is -2.28. The Kier molecular flexibility index (Phi) is 9.68. The topological polar surface area (TPSA) is 95.9 Å². The molecule has 3 aromatic rings. The number of carbonyl (C=O) groups excluding carboxylic acids is 2. The molecule has 0 aromatic heterocycles. The van der Waals surface area contributed by atoms with Gasteiger partial charge in [0.15, 0.2) is 0 Å². The molecule has 7 nitrogen and oxygen atoms in total. The number of methoxy groups -OCH3 is 1. The van der Waals surface area contributed by atoms with Gasteiger partial charge in [0, 0.05) is 18.7 Å². The average molecular weight is 535 g/mol. The van der Waals surface area contributed by atoms with Gasteiger partial charge in [-0.25, -0.2) is 4.21 Å². The van der Waals surface area contributed by atoms with Crippen LogP contribution in [-0.2, 0) is 40.2 Å². The molecule has 0 radical (unpaired) electrons. The molecule has 0 saturated carbocycles. The Hall–Kier alpha value is -2.91. The molecule has 2 N–H and O–H groups in total. The van der Waals surface area contributed by atoms with Crippen LogP contribution in [0.2, 0.25) is 10.0 Å². The van der Waals surface area contributed by atoms with Crippen LogP contribution in [0.25, 0.3) is 0 Å². The number of nitrogens with zero attached hydrogens (tertiary/aromatic N) is 1. The number of nitrogens with one attached hydrogen (secondary N) is 1. The van der Waals surface area contributed by atoms with Crippen molar-refractivity contribution in [2.75, 3.05) is 18.0 Å². The zero-order valence-electron chi connectivity index (χ0n) is 18.9. The summed E-state index contributed by atoms with van der Waals surface area (Å²) in [5.41, 5.74) is 3.37. The summed E-state index contributed by atoms with van der Waals surface area (Å²) in [4.78, 5) is 23.9. The van der Waals surface area contributed by atoms with Gasteiger partial charge in [-0.2, -0.15) is 0 Å². The second-order valence-electron chi connectivity index (χ2n) is 7.59. The van der Waals surface area contributed by atoms with Crippen LogP contribution in [0.4, 0.5) is 5.69 Å². The van der Waals surface area contributed by atoms with Gasteiger partial charge in [-0.05, 0) is 53.4 Å². The van der Waals surface area contributed by atoms with Gasteiger partial charge in [-0.3, -0.25) is 18.4 Å². The Bertz CT molecular complexity index is 1200. The number of halogens is 2. The van der Waals surface area contributed by atoms with Crippen LogP contribution in [0.5, 0.6) is 0 Å². The van der Waals surface area contributed by atoms with Crippen LogP contribution in [0.3, 0.4) is 0 Å². The third-order valence-corrected chi connectivity index (χ3v) is 6.90. The molecule has 0 fully saturated rings. The van der Waals surface area contributed by atoms with Crippen LogP contribution in [0, 0.1) is 0 Å². The maximum atomic E-state index is 12.5. The third-order valence-electron chi connectivity index (χ3n) is 5.27. The zero-order chi connectivity index (χ0) is 25.4. The Morgan fingerprint density at radius 3 is 2.29 bits per heavy atom. The molecule has 0 heterocycles. The quantitative estimate of drug-likeness (QED) is 0.287. The zero-order valence-corrected chi connectivity index (χ0v) is 21.2. The monoisotopic (exact) mass is 534 g/mol. The van der Waals surface area contributed by atoms with Crippen LogP contribution in [-0.4, -0.2) is 34.3 Å². The number of ether oxygens (including phenoxy) is 1. The number of esters is 1. The van der Waals surface area contributed by atoms with Crippen molar-refractivity contribution in [3.05, 3.63) is 99.0 Å². The van der Waals surface area contributed by atoms with Gasteiger partial charge in [0.25, 0.3) is 17.2 Å². The summed E-state index contributed by atoms with van der Waals surface area (Å²) in [6.07, 6.45) is 0.601. The van der Waals surface area contributed by atoms with E-state index in [1.54, 1.807) is 36.4 Å². The first-order valence-electron chi connectivity index (χ1n) is 10.6. The smallest absolute Gasteiger partial charge is 0.309 e. The molecule has 0 saturated heterocycles. The Morgan fingerprint density at radius 2 is 1.66 bits per heavy atom. The molecule has 35 heavy (non-hydrogen) atoms. The minimum atomic E-state index is -2.26. The minimum Gasteiger partial charge on any atom is -0.469 e. The van der Waals surface area contributed by atoms with Crippen molar-refractivity contribution in [1.82, 2.24) is 5.32 Å². The second kappa shape index (κ2) is 12.7. The molecule has 10 heteroatoms. The minimum absolute atomic E-state index is 0.192. The fraction of sp³-hybridized carbons (Fsp3) is 0.200. The van der Waals surface area contributed by atoms with E-state index in [0.717, 1.165) is 16.7 Å². The molecule has 0 aliphatic heterocycles. The van der Waals surface area contributed by atoms with Crippen molar-refractivity contribution in [2.45, 2.75) is 19.4 Å². The van der Waals surface area contributed by atoms with Gasteiger partial charge < -0.3 is 10.1 Å². The molecule has 1 amide bonds. The standard InChI is InChI=1S/C25H24Cl2N2O5S/c1-34-23(30)15-17-5-7-18(8-6-17)16-28-25(31)20-9-11-21(12-10-20)29(35(32)33)14-13-19-3-2-4-22(26)24(19)27/h2-12H,13-16H2,1H3,(H,28,31)(H,32,33). The van der Waals surface area contributed by atoms with E-state index < -0.39 is 11.3 Å². The molecule has 184 valence electrons. The fourth-order valence-electron chi connectivity index (χ4n) is 3.34. The summed E-state index contributed by atoms with van der Waals surface area (Å²) in [6.45, 7) is 0.535. The molecule has 0 aliphatic carbocycles. The van der Waals surface area contributed by atoms with Gasteiger partial charge in [0.2, 0.25) is 0 Å². The lowest BCUT2D eigenvalue weighted by molar-refractivity contribution is -0.139. The predicted octanol–water partition coefficient (Wildman–Crippen LogP) is 4.82. The van der Waals surface area contributed by atoms with Crippen LogP contribution in [0.1, 0.15) is 27.0 Å². The highest BCUT2D eigenvalue weighted by Gasteiger charge is 2.15. The number of amides is 1. The van der Waals surface area contributed by atoms with Crippen molar-refractivity contribution < 1.29 is 23.1 Å². The van der Waals surface area contributed by atoms with Crippen molar-refractivity contribution in [3.8, 4) is 0 Å². The van der Waals surface area contributed by atoms with E-state index in [1.807, 2.05) is 30.3 Å². The highest BCUT2D eigenvalue weighted by molar-refractivity contribution is 7.80. The van der Waals surface area contributed by atoms with Crippen molar-refractivity contribution in [2.24, 2.45) is 0 Å². The van der Waals surface area contributed by atoms with E-state index in [2.05, 4.69) is 10.1 Å². The molecule has 1 atom stereocenters. The van der Waals surface area contributed by atoms with Gasteiger partial charge in [0.05, 0.1) is 29.3 Å². The Balaban J connectivity index is 1.59. The number of anilines is 1. The first kappa shape index (κ1) is 26.7. The number of hydrogen-bond donors (Lipinski definition) is 2. The lowest BCUT2D eigenvalue weighted by Gasteiger charge is -2.20. The molecule has 0 bridgehead atoms. The summed E-state index contributed by atoms with van der Waals surface area (Å²) in [6, 6.07) is 19.0. The molecular formula is C25H24Cl2N2O5S. The molecule has 1 unspecified atom stereocenters. The lowest BCUT2D eigenvalue weighted by atomic mass is 10.1. The van der Waals surface area contributed by atoms with E-state index in [0.29, 0.717) is 34.3 Å². The number of benzene rings is 3. The number of rotatable bonds is 10. The van der Waals surface area contributed by atoms with E-state index >= 15 is 0 Å². The first-order valence-corrected chi connectivity index (χ1v) is 12.4. The summed E-state index contributed by atoms with van der Waals surface area (Å²) in [5.74, 6) is -0.594. The Morgan fingerprint density at radius 1 is 1.00 bits per heavy atom. The fourth-order valence-corrected chi connectivity index (χ4v) is 4.30. The summed E-state index contributed by atoms with van der Waals surface area (Å²) >= 11 is 9.99. The summed E-state index contributed by atoms with van der Waals surface area (Å²) in [5, 5.41) is 3.68. The molecule has 0 spiro atoms. The van der Waals surface area contributed by atoms with E-state index in [9.17, 15) is 18.4 Å². The molecular weight excluding hydrogens is 511 g/mol. The summed E-state index contributed by atoms with van der Waals surface area (Å²) < 4.78 is 27.6. The average Bonchev–Trinajstić information content (AvgIpc) is 2.86. The van der Waals surface area contributed by atoms with Gasteiger partial charge in [-0.15, -0.1) is 0 Å². The van der Waals surface area contributed by atoms with Crippen LogP contribution in [0.15, 0.2) is 66.7 Å². The Labute approximate surface area is 216 Å². The number of hydrogen-bond acceptors (Lipinski definition) is 4. The van der Waals surface area contributed by atoms with Gasteiger partial charge in [-0.1, -0.05) is 59.6 Å². The molecule has 0 aliphatic rings. The molecule has 3 aromatic carbocycles. The summed E-state index contributed by atoms with van der Waals surface area (Å²) in [7, 11) is 1.34. The first-order chi connectivity index (χ1) is 16.8. The largest absolute Gasteiger partial charge is 0.469 e. The normalized spacial score (nSPS) is 11.5.